The van der Waals surface area contributed by atoms with Gasteiger partial charge in [-0.2, -0.15) is 0 Å². The van der Waals surface area contributed by atoms with Crippen LogP contribution in [0.15, 0.2) is 31.3 Å². The lowest BCUT2D eigenvalue weighted by molar-refractivity contribution is 0.313. The van der Waals surface area contributed by atoms with E-state index in [1.165, 1.54) is 44.1 Å². The number of allylic oxidation sites excluding steroid dienone is 4. The lowest BCUT2D eigenvalue weighted by Crippen LogP contribution is -2.32. The monoisotopic (exact) mass is 338 g/mol. The van der Waals surface area contributed by atoms with Crippen molar-refractivity contribution >= 4 is 23.5 Å². The maximum Gasteiger partial charge on any atom is 0.111 e. The summed E-state index contributed by atoms with van der Waals surface area (Å²) in [6.07, 6.45) is 2.34. The molecule has 0 radical (unpaired) electrons. The molecule has 0 aromatic rings. The van der Waals surface area contributed by atoms with E-state index in [2.05, 4.69) is 65.2 Å². The summed E-state index contributed by atoms with van der Waals surface area (Å²) < 4.78 is 0. The third-order valence-electron chi connectivity index (χ3n) is 4.93. The number of rotatable bonds is 4. The van der Waals surface area contributed by atoms with Crippen LogP contribution in [0.5, 0.6) is 0 Å². The third-order valence-corrected chi connectivity index (χ3v) is 7.42. The zero-order valence-corrected chi connectivity index (χ0v) is 16.9. The number of hydrogen-bond donors (Lipinski definition) is 0. The second-order valence-corrected chi connectivity index (χ2v) is 8.76. The number of nitrogens with zero attached hydrogens (tertiary/aromatic N) is 2. The van der Waals surface area contributed by atoms with Crippen molar-refractivity contribution in [1.29, 1.82) is 0 Å². The van der Waals surface area contributed by atoms with Gasteiger partial charge >= 0.3 is 0 Å². The molecule has 0 aromatic heterocycles. The van der Waals surface area contributed by atoms with Gasteiger partial charge < -0.3 is 9.80 Å². The Balaban J connectivity index is 2.49. The fraction of sp³-hybridized carbons (Fsp3) is 0.667. The predicted octanol–water partition coefficient (Wildman–Crippen LogP) is 6.31. The molecule has 0 bridgehead atoms. The predicted molar refractivity (Wildman–Crippen MR) is 102 cm³/mol. The smallest absolute Gasteiger partial charge is 0.111 e. The van der Waals surface area contributed by atoms with Gasteiger partial charge in [-0.25, -0.2) is 0 Å². The minimum atomic E-state index is 0.549. The Morgan fingerprint density at radius 3 is 1.32 bits per heavy atom. The second kappa shape index (κ2) is 6.96. The highest BCUT2D eigenvalue weighted by atomic mass is 32.2. The molecule has 2 aliphatic rings. The molecule has 2 rings (SSSR count). The van der Waals surface area contributed by atoms with Crippen molar-refractivity contribution in [2.24, 2.45) is 0 Å². The molecule has 0 saturated heterocycles. The normalized spacial score (nSPS) is 25.6. The van der Waals surface area contributed by atoms with Crippen molar-refractivity contribution in [2.75, 3.05) is 0 Å². The molecule has 0 saturated carbocycles. The summed E-state index contributed by atoms with van der Waals surface area (Å²) >= 11 is 3.91. The molecule has 0 unspecified atom stereocenters. The fourth-order valence-corrected chi connectivity index (χ4v) is 5.42. The minimum Gasteiger partial charge on any atom is -0.334 e. The molecule has 2 aliphatic heterocycles. The quantitative estimate of drug-likeness (QED) is 0.592. The minimum absolute atomic E-state index is 0.549. The van der Waals surface area contributed by atoms with Crippen LogP contribution in [0.1, 0.15) is 68.2 Å². The molecule has 0 spiro atoms. The standard InChI is InChI=1S/C18H30N2S2/c1-9-11(3)19-13(5)15(7)21-17(19)18-20(12(4)10-2)14(6)16(8)22-18/h11-12H,9-10H2,1-8H3/b18-17+/t11-,12-/m1/s1. The summed E-state index contributed by atoms with van der Waals surface area (Å²) in [5.74, 6) is 0. The van der Waals surface area contributed by atoms with E-state index in [1.54, 1.807) is 0 Å². The van der Waals surface area contributed by atoms with E-state index in [0.717, 1.165) is 0 Å². The van der Waals surface area contributed by atoms with Gasteiger partial charge in [-0.05, 0) is 54.4 Å². The Kier molecular flexibility index (Phi) is 5.65. The van der Waals surface area contributed by atoms with Crippen LogP contribution in [0, 0.1) is 0 Å². The summed E-state index contributed by atoms with van der Waals surface area (Å²) in [5, 5.41) is 2.87. The van der Waals surface area contributed by atoms with Gasteiger partial charge in [0.15, 0.2) is 0 Å². The summed E-state index contributed by atoms with van der Waals surface area (Å²) in [6.45, 7) is 18.3. The molecule has 2 nitrogen and oxygen atoms in total. The van der Waals surface area contributed by atoms with Crippen molar-refractivity contribution in [3.63, 3.8) is 0 Å². The van der Waals surface area contributed by atoms with E-state index in [1.807, 2.05) is 23.5 Å². The average Bonchev–Trinajstić information content (AvgIpc) is 2.96. The summed E-state index contributed by atoms with van der Waals surface area (Å²) in [4.78, 5) is 8.00. The molecular weight excluding hydrogens is 308 g/mol. The topological polar surface area (TPSA) is 6.48 Å². The lowest BCUT2D eigenvalue weighted by atomic mass is 10.2. The molecule has 124 valence electrons. The van der Waals surface area contributed by atoms with Crippen LogP contribution in [0.25, 0.3) is 0 Å². The van der Waals surface area contributed by atoms with Crippen molar-refractivity contribution in [3.05, 3.63) is 31.3 Å². The van der Waals surface area contributed by atoms with E-state index < -0.39 is 0 Å². The lowest BCUT2D eigenvalue weighted by Gasteiger charge is -2.34. The first-order chi connectivity index (χ1) is 10.3. The first-order valence-corrected chi connectivity index (χ1v) is 10.00. The van der Waals surface area contributed by atoms with Gasteiger partial charge in [0.25, 0.3) is 0 Å². The van der Waals surface area contributed by atoms with Gasteiger partial charge in [0.05, 0.1) is 0 Å². The summed E-state index contributed by atoms with van der Waals surface area (Å²) in [6, 6.07) is 1.10. The maximum atomic E-state index is 2.56. The molecule has 4 heteroatoms. The van der Waals surface area contributed by atoms with Gasteiger partial charge in [0.1, 0.15) is 10.1 Å². The Morgan fingerprint density at radius 2 is 1.05 bits per heavy atom. The number of hydrogen-bond acceptors (Lipinski definition) is 4. The molecule has 2 heterocycles. The van der Waals surface area contributed by atoms with Gasteiger partial charge in [-0.3, -0.25) is 0 Å². The molecular formula is C18H30N2S2. The Labute approximate surface area is 145 Å². The van der Waals surface area contributed by atoms with Gasteiger partial charge in [-0.15, -0.1) is 0 Å². The maximum absolute atomic E-state index is 2.56. The highest BCUT2D eigenvalue weighted by Gasteiger charge is 2.35. The van der Waals surface area contributed by atoms with Crippen LogP contribution in [-0.4, -0.2) is 21.9 Å². The molecule has 0 aromatic carbocycles. The molecule has 0 amide bonds. The van der Waals surface area contributed by atoms with E-state index in [4.69, 9.17) is 0 Å². The first kappa shape index (κ1) is 17.9. The Hall–Kier alpha value is -0.480. The zero-order chi connectivity index (χ0) is 16.6. The second-order valence-electron chi connectivity index (χ2n) is 6.35. The third kappa shape index (κ3) is 2.96. The highest BCUT2D eigenvalue weighted by molar-refractivity contribution is 8.10. The molecule has 0 fully saturated rings. The molecule has 2 atom stereocenters. The van der Waals surface area contributed by atoms with Crippen molar-refractivity contribution in [3.8, 4) is 0 Å². The van der Waals surface area contributed by atoms with Crippen LogP contribution in [0.4, 0.5) is 0 Å². The zero-order valence-electron chi connectivity index (χ0n) is 15.3. The van der Waals surface area contributed by atoms with Crippen LogP contribution in [0.3, 0.4) is 0 Å². The van der Waals surface area contributed by atoms with Gasteiger partial charge in [0, 0.05) is 33.3 Å². The van der Waals surface area contributed by atoms with Crippen molar-refractivity contribution < 1.29 is 0 Å². The van der Waals surface area contributed by atoms with Crippen LogP contribution in [-0.2, 0) is 0 Å². The summed E-state index contributed by atoms with van der Waals surface area (Å²) in [7, 11) is 0. The van der Waals surface area contributed by atoms with E-state index in [9.17, 15) is 0 Å². The average molecular weight is 339 g/mol. The van der Waals surface area contributed by atoms with Crippen molar-refractivity contribution in [2.45, 2.75) is 80.3 Å². The summed E-state index contributed by atoms with van der Waals surface area (Å²) in [5.41, 5.74) is 2.85. The number of thioether (sulfide) groups is 2. The Morgan fingerprint density at radius 1 is 0.727 bits per heavy atom. The highest BCUT2D eigenvalue weighted by Crippen LogP contribution is 2.52. The first-order valence-electron chi connectivity index (χ1n) is 8.36. The van der Waals surface area contributed by atoms with Gasteiger partial charge in [0.2, 0.25) is 0 Å². The molecule has 22 heavy (non-hydrogen) atoms. The van der Waals surface area contributed by atoms with Crippen molar-refractivity contribution in [1.82, 2.24) is 9.80 Å². The van der Waals surface area contributed by atoms with Crippen LogP contribution >= 0.6 is 23.5 Å². The van der Waals surface area contributed by atoms with E-state index in [-0.39, 0.29) is 0 Å². The van der Waals surface area contributed by atoms with E-state index in [0.29, 0.717) is 12.1 Å². The van der Waals surface area contributed by atoms with Gasteiger partial charge in [-0.1, -0.05) is 37.4 Å². The Bertz CT molecular complexity index is 497. The van der Waals surface area contributed by atoms with Crippen LogP contribution in [0.2, 0.25) is 0 Å². The van der Waals surface area contributed by atoms with E-state index >= 15 is 0 Å². The molecule has 0 aliphatic carbocycles. The largest absolute Gasteiger partial charge is 0.334 e. The SMILES string of the molecule is CC[C@@H](C)N1C(C)=C(C)S/C1=C1/SC(C)=C(C)N1[C@H](C)CC. The fourth-order valence-electron chi connectivity index (χ4n) is 2.90. The van der Waals surface area contributed by atoms with Crippen LogP contribution < -0.4 is 0 Å². The molecule has 0 N–H and O–H groups in total.